The summed E-state index contributed by atoms with van der Waals surface area (Å²) in [4.78, 5) is 28.0. The first-order valence-corrected chi connectivity index (χ1v) is 6.54. The molecule has 0 radical (unpaired) electrons. The molecule has 1 unspecified atom stereocenters. The van der Waals surface area contributed by atoms with Crippen LogP contribution in [-0.2, 0) is 16.0 Å². The maximum absolute atomic E-state index is 12.1. The first-order chi connectivity index (χ1) is 9.16. The van der Waals surface area contributed by atoms with Crippen molar-refractivity contribution in [3.63, 3.8) is 0 Å². The second-order valence-electron chi connectivity index (χ2n) is 4.87. The molecule has 0 N–H and O–H groups in total. The van der Waals surface area contributed by atoms with Crippen molar-refractivity contribution >= 4 is 11.9 Å². The van der Waals surface area contributed by atoms with Gasteiger partial charge in [-0.2, -0.15) is 0 Å². The van der Waals surface area contributed by atoms with E-state index in [4.69, 9.17) is 0 Å². The molecule has 1 saturated heterocycles. The van der Waals surface area contributed by atoms with Crippen LogP contribution in [0.15, 0.2) is 24.5 Å². The van der Waals surface area contributed by atoms with Crippen molar-refractivity contribution in [1.29, 1.82) is 0 Å². The van der Waals surface area contributed by atoms with Gasteiger partial charge in [0.05, 0.1) is 12.5 Å². The molecule has 1 atom stereocenters. The molecule has 6 heteroatoms. The number of aromatic nitrogens is 1. The van der Waals surface area contributed by atoms with E-state index in [0.717, 1.165) is 31.2 Å². The molecule has 1 aliphatic heterocycles. The second-order valence-corrected chi connectivity index (χ2v) is 4.87. The summed E-state index contributed by atoms with van der Waals surface area (Å²) in [6.07, 6.45) is 6.75. The molecule has 1 aromatic rings. The van der Waals surface area contributed by atoms with Crippen LogP contribution < -0.4 is 34.7 Å². The number of nitrogens with zero attached hydrogens (tertiary/aromatic N) is 2. The van der Waals surface area contributed by atoms with Gasteiger partial charge in [0.15, 0.2) is 0 Å². The first kappa shape index (κ1) is 17.1. The smallest absolute Gasteiger partial charge is 0.548 e. The fourth-order valence-electron chi connectivity index (χ4n) is 2.49. The van der Waals surface area contributed by atoms with Gasteiger partial charge in [0.2, 0.25) is 5.91 Å². The van der Waals surface area contributed by atoms with Crippen molar-refractivity contribution in [3.8, 4) is 0 Å². The Morgan fingerprint density at radius 2 is 2.10 bits per heavy atom. The van der Waals surface area contributed by atoms with Crippen molar-refractivity contribution in [3.05, 3.63) is 30.1 Å². The molecule has 5 nitrogen and oxygen atoms in total. The van der Waals surface area contributed by atoms with Gasteiger partial charge in [-0.1, -0.05) is 0 Å². The maximum Gasteiger partial charge on any atom is 1.00 e. The Morgan fingerprint density at radius 1 is 1.40 bits per heavy atom. The summed E-state index contributed by atoms with van der Waals surface area (Å²) in [6.45, 7) is 0.239. The number of pyridine rings is 1. The van der Waals surface area contributed by atoms with Crippen LogP contribution in [0.4, 0.5) is 0 Å². The van der Waals surface area contributed by atoms with Crippen molar-refractivity contribution in [2.45, 2.75) is 25.7 Å². The molecular formula is C14H17N2NaO3. The SMILES string of the molecule is O=C([O-])CN1CCCC(CCc2ccncc2)C1=O.[Na+]. The van der Waals surface area contributed by atoms with Crippen LogP contribution in [0, 0.1) is 5.92 Å². The van der Waals surface area contributed by atoms with Gasteiger partial charge < -0.3 is 14.8 Å². The third-order valence-electron chi connectivity index (χ3n) is 3.49. The van der Waals surface area contributed by atoms with Gasteiger partial charge in [-0.05, 0) is 43.4 Å². The van der Waals surface area contributed by atoms with Gasteiger partial charge in [0.25, 0.3) is 0 Å². The molecule has 1 fully saturated rings. The Kier molecular flexibility index (Phi) is 7.19. The maximum atomic E-state index is 12.1. The third kappa shape index (κ3) is 4.89. The average molecular weight is 284 g/mol. The van der Waals surface area contributed by atoms with Crippen LogP contribution in [0.25, 0.3) is 0 Å². The molecular weight excluding hydrogens is 267 g/mol. The molecule has 102 valence electrons. The van der Waals surface area contributed by atoms with Crippen LogP contribution in [0.3, 0.4) is 0 Å². The Morgan fingerprint density at radius 3 is 2.75 bits per heavy atom. The minimum Gasteiger partial charge on any atom is -0.548 e. The Bertz CT molecular complexity index is 453. The number of likely N-dealkylation sites (tertiary alicyclic amines) is 1. The minimum absolute atomic E-state index is 0. The number of carbonyl (C=O) groups excluding carboxylic acids is 2. The predicted molar refractivity (Wildman–Crippen MR) is 66.9 cm³/mol. The van der Waals surface area contributed by atoms with E-state index in [1.54, 1.807) is 12.4 Å². The van der Waals surface area contributed by atoms with Crippen LogP contribution >= 0.6 is 0 Å². The van der Waals surface area contributed by atoms with Crippen LogP contribution in [0.2, 0.25) is 0 Å². The molecule has 0 bridgehead atoms. The summed E-state index contributed by atoms with van der Waals surface area (Å²) in [5.74, 6) is -1.31. The molecule has 0 saturated carbocycles. The van der Waals surface area contributed by atoms with E-state index in [1.165, 1.54) is 4.90 Å². The van der Waals surface area contributed by atoms with Crippen molar-refractivity contribution in [2.24, 2.45) is 5.92 Å². The number of carboxylic acids is 1. The molecule has 20 heavy (non-hydrogen) atoms. The van der Waals surface area contributed by atoms with Crippen LogP contribution in [-0.4, -0.2) is 34.8 Å². The van der Waals surface area contributed by atoms with E-state index in [9.17, 15) is 14.7 Å². The zero-order valence-corrected chi connectivity index (χ0v) is 13.7. The fraction of sp³-hybridized carbons (Fsp3) is 0.500. The van der Waals surface area contributed by atoms with Gasteiger partial charge >= 0.3 is 29.6 Å². The number of piperidine rings is 1. The van der Waals surface area contributed by atoms with Gasteiger partial charge in [0, 0.05) is 24.9 Å². The number of amides is 1. The number of carbonyl (C=O) groups is 2. The molecule has 1 aliphatic rings. The van der Waals surface area contributed by atoms with E-state index in [-0.39, 0.29) is 47.9 Å². The molecule has 2 rings (SSSR count). The average Bonchev–Trinajstić information content (AvgIpc) is 2.40. The first-order valence-electron chi connectivity index (χ1n) is 6.54. The standard InChI is InChI=1S/C14H18N2O3.Na/c17-13(18)10-16-9-1-2-12(14(16)19)4-3-11-5-7-15-8-6-11;/h5-8,12H,1-4,9-10H2,(H,17,18);/q;+1/p-1. The molecule has 0 aliphatic carbocycles. The molecule has 0 aromatic carbocycles. The summed E-state index contributed by atoms with van der Waals surface area (Å²) in [7, 11) is 0. The van der Waals surface area contributed by atoms with E-state index in [2.05, 4.69) is 4.98 Å². The number of aryl methyl sites for hydroxylation is 1. The topological polar surface area (TPSA) is 73.3 Å². The summed E-state index contributed by atoms with van der Waals surface area (Å²) in [6, 6.07) is 3.87. The summed E-state index contributed by atoms with van der Waals surface area (Å²) in [5, 5.41) is 10.6. The predicted octanol–water partition coefficient (Wildman–Crippen LogP) is -2.99. The number of carboxylic acid groups (broad SMARTS) is 1. The fourth-order valence-corrected chi connectivity index (χ4v) is 2.49. The number of hydrogen-bond donors (Lipinski definition) is 0. The molecule has 0 spiro atoms. The zero-order valence-electron chi connectivity index (χ0n) is 11.7. The minimum atomic E-state index is -1.19. The Hall–Kier alpha value is -0.910. The summed E-state index contributed by atoms with van der Waals surface area (Å²) < 4.78 is 0. The Balaban J connectivity index is 0.00000200. The monoisotopic (exact) mass is 284 g/mol. The number of aliphatic carboxylic acids is 1. The van der Waals surface area contributed by atoms with E-state index in [0.29, 0.717) is 6.54 Å². The second kappa shape index (κ2) is 8.39. The van der Waals surface area contributed by atoms with Gasteiger partial charge in [-0.15, -0.1) is 0 Å². The summed E-state index contributed by atoms with van der Waals surface area (Å²) >= 11 is 0. The molecule has 1 aromatic heterocycles. The number of hydrogen-bond acceptors (Lipinski definition) is 4. The third-order valence-corrected chi connectivity index (χ3v) is 3.49. The molecule has 1 amide bonds. The van der Waals surface area contributed by atoms with E-state index < -0.39 is 5.97 Å². The van der Waals surface area contributed by atoms with Crippen LogP contribution in [0.1, 0.15) is 24.8 Å². The Labute approximate surface area is 140 Å². The van der Waals surface area contributed by atoms with E-state index >= 15 is 0 Å². The van der Waals surface area contributed by atoms with Crippen molar-refractivity contribution in [1.82, 2.24) is 9.88 Å². The van der Waals surface area contributed by atoms with Crippen molar-refractivity contribution < 1.29 is 44.3 Å². The normalized spacial score (nSPS) is 18.5. The number of rotatable bonds is 5. The van der Waals surface area contributed by atoms with Gasteiger partial charge in [-0.3, -0.25) is 9.78 Å². The zero-order chi connectivity index (χ0) is 13.7. The van der Waals surface area contributed by atoms with Gasteiger partial charge in [0.1, 0.15) is 0 Å². The van der Waals surface area contributed by atoms with Crippen LogP contribution in [0.5, 0.6) is 0 Å². The molecule has 2 heterocycles. The summed E-state index contributed by atoms with van der Waals surface area (Å²) in [5.41, 5.74) is 1.15. The van der Waals surface area contributed by atoms with Crippen molar-refractivity contribution in [2.75, 3.05) is 13.1 Å². The van der Waals surface area contributed by atoms with E-state index in [1.807, 2.05) is 12.1 Å². The largest absolute Gasteiger partial charge is 1.00 e. The van der Waals surface area contributed by atoms with Gasteiger partial charge in [-0.25, -0.2) is 0 Å². The quantitative estimate of drug-likeness (QED) is 0.540.